The largest absolute Gasteiger partial charge is 0.381 e. The summed E-state index contributed by atoms with van der Waals surface area (Å²) < 4.78 is 13.8. The van der Waals surface area contributed by atoms with E-state index in [1.54, 1.807) is 13.8 Å². The molecule has 0 aliphatic carbocycles. The molecule has 2 rings (SSSR count). The molecule has 1 aromatic carbocycles. The number of alkyl halides is 1. The first-order chi connectivity index (χ1) is 7.97. The normalized spacial score (nSPS) is 20.6. The summed E-state index contributed by atoms with van der Waals surface area (Å²) in [7, 11) is 0. The lowest BCUT2D eigenvalue weighted by atomic mass is 9.97. The number of rotatable bonds is 3. The maximum Gasteiger partial charge on any atom is 0.130 e. The van der Waals surface area contributed by atoms with Gasteiger partial charge in [-0.3, -0.25) is 0 Å². The van der Waals surface area contributed by atoms with E-state index in [1.807, 2.05) is 25.1 Å². The third-order valence-electron chi connectivity index (χ3n) is 3.33. The Labute approximate surface area is 103 Å². The number of hydrogen-bond donors (Lipinski definition) is 2. The molecule has 1 aromatic rings. The minimum absolute atomic E-state index is 0.498. The van der Waals surface area contributed by atoms with Crippen molar-refractivity contribution in [3.63, 3.8) is 0 Å². The predicted octanol–water partition coefficient (Wildman–Crippen LogP) is 2.97. The molecule has 2 nitrogen and oxygen atoms in total. The second-order valence-corrected chi connectivity index (χ2v) is 5.34. The summed E-state index contributed by atoms with van der Waals surface area (Å²) in [5, 5.41) is 6.83. The molecule has 94 valence electrons. The van der Waals surface area contributed by atoms with Gasteiger partial charge in [0, 0.05) is 18.3 Å². The van der Waals surface area contributed by atoms with Crippen LogP contribution in [0.25, 0.3) is 0 Å². The maximum atomic E-state index is 13.8. The summed E-state index contributed by atoms with van der Waals surface area (Å²) in [4.78, 5) is 0. The third kappa shape index (κ3) is 2.97. The molecule has 0 radical (unpaired) electrons. The van der Waals surface area contributed by atoms with Crippen LogP contribution >= 0.6 is 0 Å². The average Bonchev–Trinajstić information content (AvgIpc) is 2.72. The zero-order valence-corrected chi connectivity index (χ0v) is 10.8. The predicted molar refractivity (Wildman–Crippen MR) is 70.2 cm³/mol. The highest BCUT2D eigenvalue weighted by Crippen LogP contribution is 2.28. The molecule has 17 heavy (non-hydrogen) atoms. The Kier molecular flexibility index (Phi) is 3.38. The summed E-state index contributed by atoms with van der Waals surface area (Å²) in [6.07, 6.45) is 1.15. The molecule has 2 N–H and O–H groups in total. The van der Waals surface area contributed by atoms with Gasteiger partial charge >= 0.3 is 0 Å². The van der Waals surface area contributed by atoms with E-state index < -0.39 is 5.67 Å². The fourth-order valence-electron chi connectivity index (χ4n) is 2.19. The number of benzene rings is 1. The highest BCUT2D eigenvalue weighted by atomic mass is 19.1. The summed E-state index contributed by atoms with van der Waals surface area (Å²) in [5.41, 5.74) is 1.70. The molecule has 0 spiro atoms. The summed E-state index contributed by atoms with van der Waals surface area (Å²) in [6.45, 7) is 7.30. The van der Waals surface area contributed by atoms with Crippen molar-refractivity contribution < 1.29 is 4.39 Å². The van der Waals surface area contributed by atoms with Gasteiger partial charge in [0.15, 0.2) is 0 Å². The van der Waals surface area contributed by atoms with Gasteiger partial charge in [-0.1, -0.05) is 12.1 Å². The second-order valence-electron chi connectivity index (χ2n) is 5.34. The van der Waals surface area contributed by atoms with Crippen molar-refractivity contribution in [1.82, 2.24) is 5.32 Å². The molecular formula is C14H21FN2. The Morgan fingerprint density at radius 2 is 2.18 bits per heavy atom. The van der Waals surface area contributed by atoms with E-state index in [0.29, 0.717) is 6.04 Å². The summed E-state index contributed by atoms with van der Waals surface area (Å²) in [5.74, 6) is 0. The van der Waals surface area contributed by atoms with Gasteiger partial charge in [-0.15, -0.1) is 0 Å². The quantitative estimate of drug-likeness (QED) is 0.843. The van der Waals surface area contributed by atoms with E-state index in [-0.39, 0.29) is 0 Å². The first-order valence-electron chi connectivity index (χ1n) is 6.24. The molecule has 1 unspecified atom stereocenters. The van der Waals surface area contributed by atoms with Gasteiger partial charge in [-0.2, -0.15) is 0 Å². The summed E-state index contributed by atoms with van der Waals surface area (Å²) >= 11 is 0. The van der Waals surface area contributed by atoms with Crippen LogP contribution in [0.3, 0.4) is 0 Å². The van der Waals surface area contributed by atoms with Crippen LogP contribution in [0, 0.1) is 6.92 Å². The van der Waals surface area contributed by atoms with Crippen LogP contribution in [0.4, 0.5) is 10.1 Å². The van der Waals surface area contributed by atoms with E-state index in [0.717, 1.165) is 36.3 Å². The number of aryl methyl sites for hydroxylation is 1. The highest BCUT2D eigenvalue weighted by Gasteiger charge is 2.20. The van der Waals surface area contributed by atoms with Crippen molar-refractivity contribution >= 4 is 5.69 Å². The zero-order chi connectivity index (χ0) is 12.5. The molecule has 3 heteroatoms. The summed E-state index contributed by atoms with van der Waals surface area (Å²) in [6, 6.07) is 6.30. The van der Waals surface area contributed by atoms with Crippen LogP contribution in [0.1, 0.15) is 31.4 Å². The van der Waals surface area contributed by atoms with Crippen molar-refractivity contribution in [2.24, 2.45) is 0 Å². The van der Waals surface area contributed by atoms with E-state index in [1.165, 1.54) is 0 Å². The molecule has 0 aromatic heterocycles. The van der Waals surface area contributed by atoms with Crippen molar-refractivity contribution in [2.75, 3.05) is 18.4 Å². The molecule has 1 aliphatic heterocycles. The Morgan fingerprint density at radius 3 is 2.71 bits per heavy atom. The lowest BCUT2D eigenvalue weighted by molar-refractivity contribution is 0.221. The molecule has 0 amide bonds. The van der Waals surface area contributed by atoms with E-state index >= 15 is 0 Å². The maximum absolute atomic E-state index is 13.8. The van der Waals surface area contributed by atoms with Crippen molar-refractivity contribution in [3.8, 4) is 0 Å². The van der Waals surface area contributed by atoms with Gasteiger partial charge in [0.25, 0.3) is 0 Å². The first kappa shape index (κ1) is 12.4. The first-order valence-corrected chi connectivity index (χ1v) is 6.24. The van der Waals surface area contributed by atoms with Crippen molar-refractivity contribution in [2.45, 2.75) is 38.9 Å². The number of halogens is 1. The molecular weight excluding hydrogens is 215 g/mol. The second kappa shape index (κ2) is 4.65. The topological polar surface area (TPSA) is 24.1 Å². The Morgan fingerprint density at radius 1 is 1.41 bits per heavy atom. The third-order valence-corrected chi connectivity index (χ3v) is 3.33. The molecule has 1 fully saturated rings. The zero-order valence-electron chi connectivity index (χ0n) is 10.8. The number of anilines is 1. The average molecular weight is 236 g/mol. The fourth-order valence-corrected chi connectivity index (χ4v) is 2.19. The number of nitrogens with one attached hydrogen (secondary N) is 2. The minimum Gasteiger partial charge on any atom is -0.381 e. The molecule has 1 heterocycles. The van der Waals surface area contributed by atoms with Gasteiger partial charge in [0.2, 0.25) is 0 Å². The van der Waals surface area contributed by atoms with E-state index in [2.05, 4.69) is 10.6 Å². The smallest absolute Gasteiger partial charge is 0.130 e. The van der Waals surface area contributed by atoms with Crippen LogP contribution in [0.15, 0.2) is 18.2 Å². The fraction of sp³-hybridized carbons (Fsp3) is 0.571. The standard InChI is InChI=1S/C14H21FN2/c1-10-8-11(14(2,3)15)4-5-13(10)17-12-6-7-16-9-12/h4-5,8,12,16-17H,6-7,9H2,1-3H3. The monoisotopic (exact) mass is 236 g/mol. The SMILES string of the molecule is Cc1cc(C(C)(C)F)ccc1NC1CCNC1. The van der Waals surface area contributed by atoms with Gasteiger partial charge in [0.05, 0.1) is 0 Å². The number of hydrogen-bond acceptors (Lipinski definition) is 2. The lowest BCUT2D eigenvalue weighted by Crippen LogP contribution is -2.22. The van der Waals surface area contributed by atoms with E-state index in [9.17, 15) is 4.39 Å². The Bertz CT molecular complexity index is 390. The molecule has 1 saturated heterocycles. The van der Waals surface area contributed by atoms with E-state index in [4.69, 9.17) is 0 Å². The van der Waals surface area contributed by atoms with Gasteiger partial charge in [0.1, 0.15) is 5.67 Å². The lowest BCUT2D eigenvalue weighted by Gasteiger charge is -2.19. The van der Waals surface area contributed by atoms with Gasteiger partial charge < -0.3 is 10.6 Å². The van der Waals surface area contributed by atoms with Gasteiger partial charge in [-0.05, 0) is 50.9 Å². The highest BCUT2D eigenvalue weighted by molar-refractivity contribution is 5.53. The van der Waals surface area contributed by atoms with Crippen LogP contribution in [0.2, 0.25) is 0 Å². The van der Waals surface area contributed by atoms with Gasteiger partial charge in [-0.25, -0.2) is 4.39 Å². The molecule has 1 aliphatic rings. The minimum atomic E-state index is -1.27. The van der Waals surface area contributed by atoms with Crippen molar-refractivity contribution in [1.29, 1.82) is 0 Å². The molecule has 1 atom stereocenters. The van der Waals surface area contributed by atoms with Crippen LogP contribution in [-0.4, -0.2) is 19.1 Å². The Balaban J connectivity index is 2.14. The van der Waals surface area contributed by atoms with Crippen LogP contribution < -0.4 is 10.6 Å². The Hall–Kier alpha value is -1.09. The van der Waals surface area contributed by atoms with Crippen LogP contribution in [0.5, 0.6) is 0 Å². The van der Waals surface area contributed by atoms with Crippen molar-refractivity contribution in [3.05, 3.63) is 29.3 Å². The molecule has 0 bridgehead atoms. The van der Waals surface area contributed by atoms with Crippen LogP contribution in [-0.2, 0) is 5.67 Å². The molecule has 0 saturated carbocycles.